The summed E-state index contributed by atoms with van der Waals surface area (Å²) in [4.78, 5) is 40.2. The van der Waals surface area contributed by atoms with Gasteiger partial charge in [0.25, 0.3) is 7.82 Å². The molecule has 0 aliphatic heterocycles. The van der Waals surface area contributed by atoms with Crippen molar-refractivity contribution >= 4 is 19.7 Å². The maximum atomic E-state index is 13.6. The van der Waals surface area contributed by atoms with Crippen molar-refractivity contribution in [2.45, 2.75) is 341 Å². The fourth-order valence-electron chi connectivity index (χ4n) is 10.1. The van der Waals surface area contributed by atoms with Gasteiger partial charge < -0.3 is 28.5 Å². The molecule has 83 heavy (non-hydrogen) atoms. The molecule has 0 rings (SSSR count). The van der Waals surface area contributed by atoms with Crippen LogP contribution in [0.25, 0.3) is 0 Å². The van der Waals surface area contributed by atoms with Crippen molar-refractivity contribution in [1.82, 2.24) is 5.32 Å². The molecule has 3 unspecified atom stereocenters. The van der Waals surface area contributed by atoms with Gasteiger partial charge in [-0.2, -0.15) is 0 Å². The van der Waals surface area contributed by atoms with Crippen molar-refractivity contribution in [2.24, 2.45) is 0 Å². The average molecular weight is 1180 g/mol. The molecule has 0 fully saturated rings. The van der Waals surface area contributed by atoms with Gasteiger partial charge in [0.15, 0.2) is 0 Å². The summed E-state index contributed by atoms with van der Waals surface area (Å²) >= 11 is 0. The number of allylic oxidation sites excluding steroid dienone is 11. The number of phosphoric acid groups is 1. The van der Waals surface area contributed by atoms with Crippen LogP contribution in [-0.4, -0.2) is 69.4 Å². The lowest BCUT2D eigenvalue weighted by molar-refractivity contribution is -0.870. The Hall–Kier alpha value is -2.55. The van der Waals surface area contributed by atoms with Crippen molar-refractivity contribution in [2.75, 3.05) is 40.9 Å². The van der Waals surface area contributed by atoms with Gasteiger partial charge in [-0.15, -0.1) is 0 Å². The molecular formula is C73H135N2O7P. The summed E-state index contributed by atoms with van der Waals surface area (Å²) in [5.41, 5.74) is 0. The number of rotatable bonds is 64. The summed E-state index contributed by atoms with van der Waals surface area (Å²) in [6, 6.07) is -0.898. The Kier molecular flexibility index (Phi) is 60.6. The number of nitrogens with one attached hydrogen (secondary N) is 1. The number of ether oxygens (including phenoxy) is 1. The molecule has 1 amide bonds. The first-order chi connectivity index (χ1) is 40.4. The molecular weight excluding hydrogens is 1050 g/mol. The Labute approximate surface area is 514 Å². The number of carbonyl (C=O) groups excluding carboxylic acids is 2. The molecule has 0 saturated heterocycles. The average Bonchev–Trinajstić information content (AvgIpc) is 3.47. The van der Waals surface area contributed by atoms with Crippen LogP contribution in [0, 0.1) is 0 Å². The fraction of sp³-hybridized carbons (Fsp3) is 0.808. The van der Waals surface area contributed by atoms with Gasteiger partial charge in [-0.05, 0) is 102 Å². The predicted molar refractivity (Wildman–Crippen MR) is 358 cm³/mol. The number of hydrogen-bond donors (Lipinski definition) is 1. The van der Waals surface area contributed by atoms with Crippen LogP contribution in [0.5, 0.6) is 0 Å². The van der Waals surface area contributed by atoms with Crippen LogP contribution >= 0.6 is 7.82 Å². The number of quaternary nitrogens is 1. The lowest BCUT2D eigenvalue weighted by Gasteiger charge is -2.30. The van der Waals surface area contributed by atoms with E-state index in [4.69, 9.17) is 13.8 Å². The van der Waals surface area contributed by atoms with Crippen LogP contribution in [0.3, 0.4) is 0 Å². The molecule has 0 heterocycles. The maximum absolute atomic E-state index is 13.6. The van der Waals surface area contributed by atoms with Gasteiger partial charge in [0, 0.05) is 12.8 Å². The highest BCUT2D eigenvalue weighted by Gasteiger charge is 2.27. The van der Waals surface area contributed by atoms with Crippen molar-refractivity contribution in [3.8, 4) is 0 Å². The number of esters is 1. The molecule has 0 spiro atoms. The van der Waals surface area contributed by atoms with E-state index in [9.17, 15) is 19.0 Å². The second-order valence-corrected chi connectivity index (χ2v) is 26.4. The normalized spacial score (nSPS) is 14.0. The number of amides is 1. The van der Waals surface area contributed by atoms with Gasteiger partial charge >= 0.3 is 5.97 Å². The molecule has 0 radical (unpaired) electrons. The van der Waals surface area contributed by atoms with Crippen LogP contribution in [0.4, 0.5) is 0 Å². The van der Waals surface area contributed by atoms with Gasteiger partial charge in [-0.1, -0.05) is 287 Å². The number of carbonyl (C=O) groups is 2. The van der Waals surface area contributed by atoms with Gasteiger partial charge in [-0.25, -0.2) is 0 Å². The smallest absolute Gasteiger partial charge is 0.306 e. The summed E-state index contributed by atoms with van der Waals surface area (Å²) in [5, 5.41) is 3.04. The third kappa shape index (κ3) is 63.8. The summed E-state index contributed by atoms with van der Waals surface area (Å²) in [5.74, 6) is -0.546. The largest absolute Gasteiger partial charge is 0.756 e. The van der Waals surface area contributed by atoms with Crippen LogP contribution < -0.4 is 10.2 Å². The van der Waals surface area contributed by atoms with Gasteiger partial charge in [0.2, 0.25) is 5.91 Å². The number of likely N-dealkylation sites (N-methyl/N-ethyl adjacent to an activating group) is 1. The maximum Gasteiger partial charge on any atom is 0.306 e. The van der Waals surface area contributed by atoms with E-state index in [1.54, 1.807) is 0 Å². The lowest BCUT2D eigenvalue weighted by Crippen LogP contribution is -2.47. The molecule has 0 aliphatic carbocycles. The third-order valence-electron chi connectivity index (χ3n) is 15.6. The van der Waals surface area contributed by atoms with Gasteiger partial charge in [0.1, 0.15) is 19.3 Å². The van der Waals surface area contributed by atoms with E-state index in [-0.39, 0.29) is 24.9 Å². The number of phosphoric ester groups is 1. The Morgan fingerprint density at radius 2 is 0.735 bits per heavy atom. The molecule has 9 nitrogen and oxygen atoms in total. The van der Waals surface area contributed by atoms with Crippen molar-refractivity contribution in [3.05, 3.63) is 72.9 Å². The van der Waals surface area contributed by atoms with E-state index in [1.165, 1.54) is 193 Å². The highest BCUT2D eigenvalue weighted by Crippen LogP contribution is 2.38. The van der Waals surface area contributed by atoms with Crippen LogP contribution in [0.2, 0.25) is 0 Å². The Balaban J connectivity index is 5.12. The highest BCUT2D eigenvalue weighted by molar-refractivity contribution is 7.45. The van der Waals surface area contributed by atoms with E-state index < -0.39 is 26.6 Å². The summed E-state index contributed by atoms with van der Waals surface area (Å²) in [6.07, 6.45) is 81.6. The standard InChI is InChI=1S/C73H135N2O7P/c1-7-10-13-16-19-22-25-28-30-32-34-35-36-37-38-39-41-43-45-48-51-54-57-60-63-66-73(77)82-71(64-61-58-55-52-49-46-27-24-21-18-15-12-9-3)70(69-81-83(78,79)80-68-67-75(4,5)6)74-72(76)65-62-59-56-53-50-47-44-42-40-33-31-29-26-23-20-17-14-11-8-2/h19-20,22-23,28-31,40,42,61,64,70-71H,7-18,21,24-27,32-39,41,43-60,62-63,65-69H2,1-6H3,(H-,74,76,78,79)/b22-19-,23-20-,30-28-,31-29-,42-40-,64-61-. The van der Waals surface area contributed by atoms with Crippen molar-refractivity contribution in [1.29, 1.82) is 0 Å². The van der Waals surface area contributed by atoms with E-state index >= 15 is 0 Å². The zero-order valence-corrected chi connectivity index (χ0v) is 56.3. The molecule has 0 aromatic carbocycles. The molecule has 484 valence electrons. The van der Waals surface area contributed by atoms with E-state index in [0.717, 1.165) is 103 Å². The summed E-state index contributed by atoms with van der Waals surface area (Å²) in [6.45, 7) is 6.82. The number of unbranched alkanes of at least 4 members (excludes halogenated alkanes) is 38. The van der Waals surface area contributed by atoms with Crippen molar-refractivity contribution in [3.63, 3.8) is 0 Å². The van der Waals surface area contributed by atoms with Crippen LogP contribution in [-0.2, 0) is 27.9 Å². The lowest BCUT2D eigenvalue weighted by atomic mass is 10.0. The summed E-state index contributed by atoms with van der Waals surface area (Å²) in [7, 11) is 1.18. The van der Waals surface area contributed by atoms with Gasteiger partial charge in [-0.3, -0.25) is 14.2 Å². The van der Waals surface area contributed by atoms with Crippen LogP contribution in [0.15, 0.2) is 72.9 Å². The quantitative estimate of drug-likeness (QED) is 0.0212. The van der Waals surface area contributed by atoms with E-state index in [1.807, 2.05) is 33.3 Å². The van der Waals surface area contributed by atoms with Crippen LogP contribution in [0.1, 0.15) is 329 Å². The van der Waals surface area contributed by atoms with Crippen molar-refractivity contribution < 1.29 is 37.3 Å². The molecule has 0 aromatic rings. The Bertz CT molecular complexity index is 1650. The molecule has 3 atom stereocenters. The highest BCUT2D eigenvalue weighted by atomic mass is 31.2. The molecule has 10 heteroatoms. The molecule has 0 aliphatic rings. The minimum atomic E-state index is -4.71. The molecule has 0 aromatic heterocycles. The number of nitrogens with zero attached hydrogens (tertiary/aromatic N) is 1. The molecule has 0 saturated carbocycles. The zero-order chi connectivity index (χ0) is 60.7. The molecule has 0 bridgehead atoms. The number of hydrogen-bond acceptors (Lipinski definition) is 7. The molecule has 1 N–H and O–H groups in total. The third-order valence-corrected chi connectivity index (χ3v) is 16.6. The van der Waals surface area contributed by atoms with Gasteiger partial charge in [0.05, 0.1) is 33.8 Å². The first-order valence-electron chi connectivity index (χ1n) is 35.2. The monoisotopic (exact) mass is 1180 g/mol. The summed E-state index contributed by atoms with van der Waals surface area (Å²) < 4.78 is 30.4. The predicted octanol–water partition coefficient (Wildman–Crippen LogP) is 21.7. The topological polar surface area (TPSA) is 114 Å². The minimum absolute atomic E-state index is 0.0261. The van der Waals surface area contributed by atoms with E-state index in [0.29, 0.717) is 17.4 Å². The fourth-order valence-corrected chi connectivity index (χ4v) is 10.9. The first kappa shape index (κ1) is 80.5. The minimum Gasteiger partial charge on any atom is -0.756 e. The van der Waals surface area contributed by atoms with E-state index in [2.05, 4.69) is 86.8 Å². The Morgan fingerprint density at radius 3 is 1.12 bits per heavy atom. The first-order valence-corrected chi connectivity index (χ1v) is 36.7. The second kappa shape index (κ2) is 62.5. The zero-order valence-electron chi connectivity index (χ0n) is 55.4. The second-order valence-electron chi connectivity index (χ2n) is 25.0. The SMILES string of the molecule is CCCCC/C=C\C/C=C\C/C=C\CCCCCCCCC(=O)NC(COP(=O)([O-])OCC[N+](C)(C)C)C(/C=C\CCCCCCCCCCCCC)OC(=O)CCCCCCCCCCCCCCCCC/C=C\C/C=C\CCCCC. The Morgan fingerprint density at radius 1 is 0.422 bits per heavy atom.